The van der Waals surface area contributed by atoms with E-state index < -0.39 is 5.82 Å². The van der Waals surface area contributed by atoms with Gasteiger partial charge in [-0.2, -0.15) is 0 Å². The van der Waals surface area contributed by atoms with Crippen molar-refractivity contribution in [1.82, 2.24) is 14.9 Å². The minimum Gasteiger partial charge on any atom is -0.352 e. The van der Waals surface area contributed by atoms with Gasteiger partial charge >= 0.3 is 0 Å². The Morgan fingerprint density at radius 3 is 2.67 bits per heavy atom. The van der Waals surface area contributed by atoms with Crippen LogP contribution < -0.4 is 10.9 Å². The van der Waals surface area contributed by atoms with Crippen molar-refractivity contribution in [3.8, 4) is 0 Å². The molecule has 0 saturated heterocycles. The second kappa shape index (κ2) is 7.55. The molecule has 0 spiro atoms. The zero-order chi connectivity index (χ0) is 16.9. The highest BCUT2D eigenvalue weighted by Crippen LogP contribution is 2.17. The van der Waals surface area contributed by atoms with Crippen LogP contribution in [0.4, 0.5) is 4.39 Å². The van der Waals surface area contributed by atoms with Gasteiger partial charge in [0.2, 0.25) is 5.91 Å². The molecule has 1 aliphatic rings. The topological polar surface area (TPSA) is 64.0 Å². The van der Waals surface area contributed by atoms with Gasteiger partial charge in [0.25, 0.3) is 5.56 Å². The highest BCUT2D eigenvalue weighted by Gasteiger charge is 2.15. The molecule has 1 fully saturated rings. The summed E-state index contributed by atoms with van der Waals surface area (Å²) in [5.74, 6) is -0.611. The molecular formula is C18H22FN3O2. The molecule has 1 aliphatic carbocycles. The van der Waals surface area contributed by atoms with E-state index >= 15 is 0 Å². The molecule has 1 heterocycles. The standard InChI is InChI=1S/C18H22FN3O2/c19-13-8-9-15-16(10-13)20-12-22(18(15)24)11-17(23)21-14-6-4-2-1-3-5-7-14/h8-10,12,14H,1-7,11H2,(H,21,23). The van der Waals surface area contributed by atoms with Crippen molar-refractivity contribution in [2.45, 2.75) is 57.5 Å². The number of benzene rings is 1. The van der Waals surface area contributed by atoms with Gasteiger partial charge in [0, 0.05) is 12.1 Å². The summed E-state index contributed by atoms with van der Waals surface area (Å²) in [5, 5.41) is 3.35. The first-order valence-corrected chi connectivity index (χ1v) is 8.57. The maximum absolute atomic E-state index is 13.2. The van der Waals surface area contributed by atoms with Crippen molar-refractivity contribution in [2.24, 2.45) is 0 Å². The first-order valence-electron chi connectivity index (χ1n) is 8.57. The summed E-state index contributed by atoms with van der Waals surface area (Å²) in [6.45, 7) is -0.0599. The second-order valence-electron chi connectivity index (χ2n) is 6.45. The maximum Gasteiger partial charge on any atom is 0.261 e. The molecule has 3 rings (SSSR count). The van der Waals surface area contributed by atoms with Gasteiger partial charge in [0.15, 0.2) is 0 Å². The number of hydrogen-bond acceptors (Lipinski definition) is 3. The molecule has 0 aliphatic heterocycles. The van der Waals surface area contributed by atoms with E-state index in [1.54, 1.807) is 0 Å². The lowest BCUT2D eigenvalue weighted by atomic mass is 9.97. The van der Waals surface area contributed by atoms with Crippen LogP contribution in [0, 0.1) is 5.82 Å². The lowest BCUT2D eigenvalue weighted by molar-refractivity contribution is -0.122. The van der Waals surface area contributed by atoms with E-state index in [0.717, 1.165) is 25.7 Å². The third-order valence-corrected chi connectivity index (χ3v) is 4.57. The molecule has 24 heavy (non-hydrogen) atoms. The summed E-state index contributed by atoms with van der Waals surface area (Å²) in [4.78, 5) is 28.7. The predicted molar refractivity (Wildman–Crippen MR) is 90.2 cm³/mol. The fourth-order valence-electron chi connectivity index (χ4n) is 3.27. The van der Waals surface area contributed by atoms with Crippen LogP contribution in [0.3, 0.4) is 0 Å². The minimum atomic E-state index is -0.436. The van der Waals surface area contributed by atoms with Gasteiger partial charge in [-0.1, -0.05) is 32.1 Å². The fraction of sp³-hybridized carbons (Fsp3) is 0.500. The molecule has 2 aromatic rings. The van der Waals surface area contributed by atoms with Gasteiger partial charge in [-0.3, -0.25) is 14.2 Å². The summed E-state index contributed by atoms with van der Waals surface area (Å²) in [6.07, 6.45) is 9.28. The molecular weight excluding hydrogens is 309 g/mol. The van der Waals surface area contributed by atoms with E-state index in [0.29, 0.717) is 10.9 Å². The van der Waals surface area contributed by atoms with Gasteiger partial charge in [0.05, 0.1) is 17.2 Å². The van der Waals surface area contributed by atoms with Gasteiger partial charge in [-0.25, -0.2) is 9.37 Å². The number of carbonyl (C=O) groups excluding carboxylic acids is 1. The fourth-order valence-corrected chi connectivity index (χ4v) is 3.27. The van der Waals surface area contributed by atoms with Crippen LogP contribution in [0.25, 0.3) is 10.9 Å². The number of fused-ring (bicyclic) bond motifs is 1. The molecule has 0 bridgehead atoms. The van der Waals surface area contributed by atoms with Gasteiger partial charge in [0.1, 0.15) is 12.4 Å². The molecule has 1 amide bonds. The first kappa shape index (κ1) is 16.6. The second-order valence-corrected chi connectivity index (χ2v) is 6.45. The summed E-state index contributed by atoms with van der Waals surface area (Å²) in [5.41, 5.74) is -0.0236. The van der Waals surface area contributed by atoms with Crippen LogP contribution in [0.15, 0.2) is 29.3 Å². The molecule has 1 aromatic carbocycles. The highest BCUT2D eigenvalue weighted by molar-refractivity contribution is 5.79. The average Bonchev–Trinajstić information content (AvgIpc) is 2.52. The number of hydrogen-bond donors (Lipinski definition) is 1. The Morgan fingerprint density at radius 2 is 1.92 bits per heavy atom. The SMILES string of the molecule is O=C(Cn1cnc2cc(F)ccc2c1=O)NC1CCCCCCC1. The van der Waals surface area contributed by atoms with E-state index in [2.05, 4.69) is 10.3 Å². The molecule has 1 N–H and O–H groups in total. The van der Waals surface area contributed by atoms with Crippen molar-refractivity contribution in [1.29, 1.82) is 0 Å². The number of halogens is 1. The van der Waals surface area contributed by atoms with Crippen LogP contribution in [-0.4, -0.2) is 21.5 Å². The highest BCUT2D eigenvalue weighted by atomic mass is 19.1. The number of nitrogens with one attached hydrogen (secondary N) is 1. The first-order chi connectivity index (χ1) is 11.6. The van der Waals surface area contributed by atoms with Crippen molar-refractivity contribution in [3.05, 3.63) is 40.7 Å². The molecule has 5 nitrogen and oxygen atoms in total. The van der Waals surface area contributed by atoms with Crippen LogP contribution >= 0.6 is 0 Å². The average molecular weight is 331 g/mol. The summed E-state index contributed by atoms with van der Waals surface area (Å²) < 4.78 is 14.5. The molecule has 1 aromatic heterocycles. The Morgan fingerprint density at radius 1 is 1.21 bits per heavy atom. The van der Waals surface area contributed by atoms with Crippen molar-refractivity contribution >= 4 is 16.8 Å². The molecule has 0 radical (unpaired) electrons. The van der Waals surface area contributed by atoms with Crippen LogP contribution in [0.2, 0.25) is 0 Å². The number of aromatic nitrogens is 2. The normalized spacial score (nSPS) is 16.5. The Hall–Kier alpha value is -2.24. The number of amides is 1. The van der Waals surface area contributed by atoms with Crippen molar-refractivity contribution in [3.63, 3.8) is 0 Å². The monoisotopic (exact) mass is 331 g/mol. The lowest BCUT2D eigenvalue weighted by Gasteiger charge is -2.21. The quantitative estimate of drug-likeness (QED) is 0.940. The number of carbonyl (C=O) groups is 1. The Kier molecular flexibility index (Phi) is 5.23. The number of nitrogens with zero attached hydrogens (tertiary/aromatic N) is 2. The summed E-state index contributed by atoms with van der Waals surface area (Å²) >= 11 is 0. The van der Waals surface area contributed by atoms with Crippen LogP contribution in [-0.2, 0) is 11.3 Å². The van der Waals surface area contributed by atoms with E-state index in [1.807, 2.05) is 0 Å². The van der Waals surface area contributed by atoms with Gasteiger partial charge < -0.3 is 5.32 Å². The van der Waals surface area contributed by atoms with Crippen LogP contribution in [0.1, 0.15) is 44.9 Å². The van der Waals surface area contributed by atoms with E-state index in [-0.39, 0.29) is 24.1 Å². The molecule has 128 valence electrons. The molecule has 6 heteroatoms. The Bertz CT molecular complexity index is 779. The third-order valence-electron chi connectivity index (χ3n) is 4.57. The Labute approximate surface area is 139 Å². The van der Waals surface area contributed by atoms with Crippen molar-refractivity contribution in [2.75, 3.05) is 0 Å². The van der Waals surface area contributed by atoms with E-state index in [9.17, 15) is 14.0 Å². The molecule has 0 atom stereocenters. The van der Waals surface area contributed by atoms with E-state index in [1.165, 1.54) is 48.4 Å². The largest absolute Gasteiger partial charge is 0.352 e. The Balaban J connectivity index is 1.69. The van der Waals surface area contributed by atoms with E-state index in [4.69, 9.17) is 0 Å². The summed E-state index contributed by atoms with van der Waals surface area (Å²) in [6, 6.07) is 4.04. The maximum atomic E-state index is 13.2. The number of rotatable bonds is 3. The van der Waals surface area contributed by atoms with Gasteiger partial charge in [-0.05, 0) is 25.0 Å². The molecule has 0 unspecified atom stereocenters. The van der Waals surface area contributed by atoms with Crippen LogP contribution in [0.5, 0.6) is 0 Å². The lowest BCUT2D eigenvalue weighted by Crippen LogP contribution is -2.39. The predicted octanol–water partition coefficient (Wildman–Crippen LogP) is 2.76. The summed E-state index contributed by atoms with van der Waals surface area (Å²) in [7, 11) is 0. The minimum absolute atomic E-state index is 0.0599. The smallest absolute Gasteiger partial charge is 0.261 e. The van der Waals surface area contributed by atoms with Gasteiger partial charge in [-0.15, -0.1) is 0 Å². The van der Waals surface area contributed by atoms with Crippen molar-refractivity contribution < 1.29 is 9.18 Å². The third kappa shape index (κ3) is 3.99. The zero-order valence-electron chi connectivity index (χ0n) is 13.6. The zero-order valence-corrected chi connectivity index (χ0v) is 13.6. The molecule has 1 saturated carbocycles.